The molecule has 0 aromatic rings. The van der Waals surface area contributed by atoms with Crippen molar-refractivity contribution in [1.29, 1.82) is 0 Å². The number of urea groups is 1. The van der Waals surface area contributed by atoms with Crippen molar-refractivity contribution in [2.75, 3.05) is 13.1 Å². The largest absolute Gasteiger partial charge is 0.329 e. The minimum atomic E-state index is -0.228. The van der Waals surface area contributed by atoms with Crippen LogP contribution in [0.4, 0.5) is 4.79 Å². The zero-order valence-corrected chi connectivity index (χ0v) is 10.3. The fourth-order valence-electron chi connectivity index (χ4n) is 2.18. The van der Waals surface area contributed by atoms with E-state index in [4.69, 9.17) is 0 Å². The van der Waals surface area contributed by atoms with E-state index in [1.165, 1.54) is 24.2 Å². The average Bonchev–Trinajstić information content (AvgIpc) is 2.59. The average molecular weight is 226 g/mol. The van der Waals surface area contributed by atoms with E-state index in [1.54, 1.807) is 0 Å². The summed E-state index contributed by atoms with van der Waals surface area (Å²) in [6, 6.07) is -0.228. The molecule has 0 aromatic carbocycles. The molecule has 1 atom stereocenters. The Morgan fingerprint density at radius 2 is 2.06 bits per heavy atom. The summed E-state index contributed by atoms with van der Waals surface area (Å²) in [5.74, 6) is 0.652. The van der Waals surface area contributed by atoms with E-state index in [-0.39, 0.29) is 18.5 Å². The molecular weight excluding hydrogens is 204 g/mol. The summed E-state index contributed by atoms with van der Waals surface area (Å²) in [5, 5.41) is 2.53. The van der Waals surface area contributed by atoms with Crippen LogP contribution in [0.5, 0.6) is 0 Å². The van der Waals surface area contributed by atoms with E-state index in [0.717, 1.165) is 18.8 Å². The van der Waals surface area contributed by atoms with Crippen LogP contribution in [-0.2, 0) is 4.79 Å². The van der Waals surface area contributed by atoms with Crippen molar-refractivity contribution < 1.29 is 9.59 Å². The Kier molecular flexibility index (Phi) is 5.29. The van der Waals surface area contributed by atoms with Gasteiger partial charge in [0.15, 0.2) is 0 Å². The smallest absolute Gasteiger partial charge is 0.324 e. The van der Waals surface area contributed by atoms with Crippen molar-refractivity contribution in [3.63, 3.8) is 0 Å². The van der Waals surface area contributed by atoms with Crippen LogP contribution in [0, 0.1) is 5.92 Å². The van der Waals surface area contributed by atoms with Crippen LogP contribution >= 0.6 is 0 Å². The highest BCUT2D eigenvalue weighted by atomic mass is 16.2. The van der Waals surface area contributed by atoms with E-state index < -0.39 is 0 Å². The number of nitrogens with zero attached hydrogens (tertiary/aromatic N) is 1. The van der Waals surface area contributed by atoms with Gasteiger partial charge in [0.1, 0.15) is 0 Å². The molecule has 1 unspecified atom stereocenters. The van der Waals surface area contributed by atoms with Gasteiger partial charge in [-0.1, -0.05) is 33.1 Å². The lowest BCUT2D eigenvalue weighted by Gasteiger charge is -2.16. The van der Waals surface area contributed by atoms with E-state index in [1.807, 2.05) is 0 Å². The summed E-state index contributed by atoms with van der Waals surface area (Å²) < 4.78 is 0. The van der Waals surface area contributed by atoms with Gasteiger partial charge in [-0.25, -0.2) is 4.79 Å². The van der Waals surface area contributed by atoms with Gasteiger partial charge in [0.25, 0.3) is 0 Å². The van der Waals surface area contributed by atoms with Crippen LogP contribution in [0.3, 0.4) is 0 Å². The van der Waals surface area contributed by atoms with Crippen LogP contribution in [0.15, 0.2) is 0 Å². The van der Waals surface area contributed by atoms with E-state index in [0.29, 0.717) is 6.54 Å². The summed E-state index contributed by atoms with van der Waals surface area (Å²) in [5.41, 5.74) is 0. The molecule has 4 heteroatoms. The fourth-order valence-corrected chi connectivity index (χ4v) is 2.18. The lowest BCUT2D eigenvalue weighted by molar-refractivity contribution is -0.125. The maximum Gasteiger partial charge on any atom is 0.324 e. The predicted octanol–water partition coefficient (Wildman–Crippen LogP) is 2.14. The van der Waals surface area contributed by atoms with Crippen molar-refractivity contribution in [3.8, 4) is 0 Å². The summed E-state index contributed by atoms with van der Waals surface area (Å²) in [6.45, 7) is 5.14. The third-order valence-corrected chi connectivity index (χ3v) is 3.21. The third-order valence-electron chi connectivity index (χ3n) is 3.21. The fraction of sp³-hybridized carbons (Fsp3) is 0.833. The molecule has 1 heterocycles. The van der Waals surface area contributed by atoms with Gasteiger partial charge in [-0.15, -0.1) is 0 Å². The minimum Gasteiger partial charge on any atom is -0.329 e. The van der Waals surface area contributed by atoms with Crippen molar-refractivity contribution in [3.05, 3.63) is 0 Å². The van der Waals surface area contributed by atoms with Crippen LogP contribution < -0.4 is 5.32 Å². The summed E-state index contributed by atoms with van der Waals surface area (Å²) >= 11 is 0. The van der Waals surface area contributed by atoms with Gasteiger partial charge in [-0.3, -0.25) is 9.69 Å². The number of imide groups is 1. The Balaban J connectivity index is 2.23. The van der Waals surface area contributed by atoms with E-state index >= 15 is 0 Å². The summed E-state index contributed by atoms with van der Waals surface area (Å²) in [7, 11) is 0. The number of nitrogens with one attached hydrogen (secondary N) is 1. The van der Waals surface area contributed by atoms with Gasteiger partial charge in [-0.05, 0) is 18.8 Å². The third kappa shape index (κ3) is 3.51. The van der Waals surface area contributed by atoms with Crippen LogP contribution in [0.1, 0.15) is 46.0 Å². The van der Waals surface area contributed by atoms with Crippen LogP contribution in [-0.4, -0.2) is 29.9 Å². The molecule has 16 heavy (non-hydrogen) atoms. The number of carbonyl (C=O) groups excluding carboxylic acids is 2. The standard InChI is InChI=1S/C12H22N2O2/c1-3-6-10(4-2)7-5-8-14-11(15)9-13-12(14)16/h10H,3-9H2,1-2H3,(H,13,16). The maximum atomic E-state index is 11.3. The lowest BCUT2D eigenvalue weighted by atomic mass is 9.95. The van der Waals surface area contributed by atoms with E-state index in [2.05, 4.69) is 19.2 Å². The number of amides is 3. The molecule has 1 saturated heterocycles. The molecule has 0 aromatic heterocycles. The second-order valence-corrected chi connectivity index (χ2v) is 4.41. The van der Waals surface area contributed by atoms with Crippen molar-refractivity contribution in [1.82, 2.24) is 10.2 Å². The molecule has 0 spiro atoms. The zero-order chi connectivity index (χ0) is 12.0. The van der Waals surface area contributed by atoms with Gasteiger partial charge in [0, 0.05) is 6.54 Å². The van der Waals surface area contributed by atoms with Crippen LogP contribution in [0.2, 0.25) is 0 Å². The Bertz CT molecular complexity index is 237. The summed E-state index contributed by atoms with van der Waals surface area (Å²) in [4.78, 5) is 23.9. The molecule has 1 aliphatic heterocycles. The first-order chi connectivity index (χ1) is 7.69. The SMILES string of the molecule is CCCC(CC)CCCN1C(=O)CNC1=O. The Hall–Kier alpha value is -1.06. The lowest BCUT2D eigenvalue weighted by Crippen LogP contribution is -2.32. The summed E-state index contributed by atoms with van der Waals surface area (Å²) in [6.07, 6.45) is 5.69. The van der Waals surface area contributed by atoms with Gasteiger partial charge in [-0.2, -0.15) is 0 Å². The first-order valence-electron chi connectivity index (χ1n) is 6.27. The second-order valence-electron chi connectivity index (χ2n) is 4.41. The first kappa shape index (κ1) is 13.0. The second kappa shape index (κ2) is 6.51. The van der Waals surface area contributed by atoms with Crippen molar-refractivity contribution >= 4 is 11.9 Å². The molecule has 0 bridgehead atoms. The van der Waals surface area contributed by atoms with Gasteiger partial charge in [0.2, 0.25) is 5.91 Å². The highest BCUT2D eigenvalue weighted by Crippen LogP contribution is 2.17. The van der Waals surface area contributed by atoms with Crippen molar-refractivity contribution in [2.24, 2.45) is 5.92 Å². The van der Waals surface area contributed by atoms with Crippen LogP contribution in [0.25, 0.3) is 0 Å². The maximum absolute atomic E-state index is 11.3. The molecule has 3 amide bonds. The normalized spacial score (nSPS) is 17.8. The quantitative estimate of drug-likeness (QED) is 0.676. The molecule has 0 aliphatic carbocycles. The highest BCUT2D eigenvalue weighted by molar-refractivity contribution is 6.01. The molecular formula is C12H22N2O2. The highest BCUT2D eigenvalue weighted by Gasteiger charge is 2.27. The van der Waals surface area contributed by atoms with Gasteiger partial charge < -0.3 is 5.32 Å². The molecule has 1 rings (SSSR count). The monoisotopic (exact) mass is 226 g/mol. The number of hydrogen-bond donors (Lipinski definition) is 1. The predicted molar refractivity (Wildman–Crippen MR) is 63.0 cm³/mol. The molecule has 0 radical (unpaired) electrons. The molecule has 0 saturated carbocycles. The molecule has 1 N–H and O–H groups in total. The number of carbonyl (C=O) groups is 2. The Labute approximate surface area is 97.4 Å². The number of hydrogen-bond acceptors (Lipinski definition) is 2. The first-order valence-corrected chi connectivity index (χ1v) is 6.27. The Morgan fingerprint density at radius 1 is 1.31 bits per heavy atom. The molecule has 1 fully saturated rings. The zero-order valence-electron chi connectivity index (χ0n) is 10.3. The minimum absolute atomic E-state index is 0.0893. The van der Waals surface area contributed by atoms with Gasteiger partial charge in [0.05, 0.1) is 6.54 Å². The van der Waals surface area contributed by atoms with Gasteiger partial charge >= 0.3 is 6.03 Å². The molecule has 1 aliphatic rings. The Morgan fingerprint density at radius 3 is 2.56 bits per heavy atom. The molecule has 4 nitrogen and oxygen atoms in total. The molecule has 92 valence electrons. The van der Waals surface area contributed by atoms with Crippen molar-refractivity contribution in [2.45, 2.75) is 46.0 Å². The topological polar surface area (TPSA) is 49.4 Å². The van der Waals surface area contributed by atoms with E-state index in [9.17, 15) is 9.59 Å². The number of rotatable bonds is 7.